The third kappa shape index (κ3) is 4.59. The molecule has 1 aromatic carbocycles. The number of esters is 3. The van der Waals surface area contributed by atoms with Gasteiger partial charge >= 0.3 is 17.9 Å². The Morgan fingerprint density at radius 2 is 1.79 bits per heavy atom. The second-order valence-corrected chi connectivity index (χ2v) is 12.9. The van der Waals surface area contributed by atoms with E-state index in [0.29, 0.717) is 23.1 Å². The zero-order chi connectivity index (χ0) is 31.5. The summed E-state index contributed by atoms with van der Waals surface area (Å²) in [6.45, 7) is 9.79. The van der Waals surface area contributed by atoms with Crippen molar-refractivity contribution in [1.29, 1.82) is 0 Å². The molecule has 4 aliphatic carbocycles. The lowest BCUT2D eigenvalue weighted by Gasteiger charge is -2.48. The Morgan fingerprint density at radius 1 is 1.12 bits per heavy atom. The smallest absolute Gasteiger partial charge is 0.338 e. The second-order valence-electron chi connectivity index (χ2n) is 12.9. The van der Waals surface area contributed by atoms with E-state index < -0.39 is 58.4 Å². The quantitative estimate of drug-likeness (QED) is 0.210. The zero-order valence-corrected chi connectivity index (χ0v) is 25.5. The van der Waals surface area contributed by atoms with Gasteiger partial charge in [0.1, 0.15) is 12.7 Å². The summed E-state index contributed by atoms with van der Waals surface area (Å²) >= 11 is 0. The zero-order valence-electron chi connectivity index (χ0n) is 25.5. The molecular weight excluding hydrogens is 552 g/mol. The van der Waals surface area contributed by atoms with Crippen LogP contribution in [0.4, 0.5) is 0 Å². The standard InChI is InChI=1S/C34H40O9/c1-7-18(2)30(38)43-29-19(3)15-33-20(4)13-25-26(32(25,6)17-42-31(39)22-11-9-8-10-12-22)24(28(33)37)14-23(16-41-21(5)35)27(36)34(29,33)40/h7-12,14-15,20,24-27,29,36,40H,13,16-17H2,1-6H3/b18-7-/t20-,24-,25-,26+,27-,29+,32-,33+,34+/m1/s1. The van der Waals surface area contributed by atoms with E-state index in [1.807, 2.05) is 19.9 Å². The lowest BCUT2D eigenvalue weighted by atomic mass is 9.59. The number of benzene rings is 1. The Balaban J connectivity index is 1.56. The highest BCUT2D eigenvalue weighted by atomic mass is 16.6. The van der Waals surface area contributed by atoms with Crippen LogP contribution in [0.3, 0.4) is 0 Å². The normalized spacial score (nSPS) is 38.0. The summed E-state index contributed by atoms with van der Waals surface area (Å²) in [5.41, 5.74) is -3.00. The van der Waals surface area contributed by atoms with E-state index in [1.165, 1.54) is 6.92 Å². The monoisotopic (exact) mass is 592 g/mol. The lowest BCUT2D eigenvalue weighted by molar-refractivity contribution is -0.202. The molecule has 0 radical (unpaired) electrons. The molecule has 2 saturated carbocycles. The van der Waals surface area contributed by atoms with Gasteiger partial charge in [0.15, 0.2) is 17.5 Å². The number of aliphatic hydroxyl groups excluding tert-OH is 1. The van der Waals surface area contributed by atoms with Crippen molar-refractivity contribution in [3.8, 4) is 0 Å². The van der Waals surface area contributed by atoms with Crippen molar-refractivity contribution in [1.82, 2.24) is 0 Å². The average molecular weight is 593 g/mol. The fraction of sp³-hybridized carbons (Fsp3) is 0.529. The van der Waals surface area contributed by atoms with Gasteiger partial charge < -0.3 is 24.4 Å². The third-order valence-electron chi connectivity index (χ3n) is 10.5. The van der Waals surface area contributed by atoms with E-state index in [2.05, 4.69) is 0 Å². The summed E-state index contributed by atoms with van der Waals surface area (Å²) in [6.07, 6.45) is 2.39. The van der Waals surface area contributed by atoms with E-state index >= 15 is 0 Å². The van der Waals surface area contributed by atoms with Crippen molar-refractivity contribution in [2.45, 2.75) is 65.8 Å². The summed E-state index contributed by atoms with van der Waals surface area (Å²) in [7, 11) is 0. The summed E-state index contributed by atoms with van der Waals surface area (Å²) < 4.78 is 16.9. The van der Waals surface area contributed by atoms with E-state index in [9.17, 15) is 29.4 Å². The molecule has 5 rings (SSSR count). The molecular formula is C34H40O9. The van der Waals surface area contributed by atoms with Gasteiger partial charge in [-0.25, -0.2) is 9.59 Å². The molecule has 43 heavy (non-hydrogen) atoms. The van der Waals surface area contributed by atoms with Gasteiger partial charge in [-0.2, -0.15) is 0 Å². The maximum atomic E-state index is 14.8. The highest BCUT2D eigenvalue weighted by Gasteiger charge is 2.77. The maximum Gasteiger partial charge on any atom is 0.338 e. The van der Waals surface area contributed by atoms with Crippen LogP contribution in [-0.2, 0) is 28.6 Å². The van der Waals surface area contributed by atoms with Crippen LogP contribution in [0.25, 0.3) is 0 Å². The molecule has 1 aromatic rings. The number of hydrogen-bond donors (Lipinski definition) is 2. The fourth-order valence-electron chi connectivity index (χ4n) is 7.99. The molecule has 0 aliphatic heterocycles. The van der Waals surface area contributed by atoms with Crippen molar-refractivity contribution in [3.05, 3.63) is 70.8 Å². The summed E-state index contributed by atoms with van der Waals surface area (Å²) in [6, 6.07) is 8.69. The van der Waals surface area contributed by atoms with E-state index in [0.717, 1.165) is 0 Å². The minimum atomic E-state index is -2.25. The molecule has 2 N–H and O–H groups in total. The van der Waals surface area contributed by atoms with E-state index in [-0.39, 0.29) is 36.4 Å². The third-order valence-corrected chi connectivity index (χ3v) is 10.5. The van der Waals surface area contributed by atoms with Gasteiger partial charge in [-0.3, -0.25) is 9.59 Å². The van der Waals surface area contributed by atoms with Gasteiger partial charge in [-0.15, -0.1) is 0 Å². The molecule has 0 heterocycles. The Hall–Kier alpha value is -3.56. The number of allylic oxidation sites excluding steroid dienone is 2. The molecule has 0 aromatic heterocycles. The number of ketones is 1. The molecule has 230 valence electrons. The molecule has 4 aliphatic rings. The SMILES string of the molecule is C/C=C(/C)C(=O)O[C@H]1C(C)=C[C@]23C(=O)[C@H](C=C(COC(C)=O)[C@@H](O)[C@]12O)[C@H]1[C@@H](C[C@H]3C)[C@@]1(C)COC(=O)c1ccccc1. The molecule has 9 atom stereocenters. The largest absolute Gasteiger partial charge is 0.461 e. The molecule has 9 nitrogen and oxygen atoms in total. The summed E-state index contributed by atoms with van der Waals surface area (Å²) in [5, 5.41) is 24.6. The molecule has 0 saturated heterocycles. The Labute approximate surface area is 251 Å². The number of Topliss-reactive ketones (excluding diaryl/α,β-unsaturated/α-hetero) is 1. The minimum absolute atomic E-state index is 0.0364. The first-order valence-corrected chi connectivity index (χ1v) is 14.8. The lowest BCUT2D eigenvalue weighted by Crippen LogP contribution is -2.66. The highest BCUT2D eigenvalue weighted by Crippen LogP contribution is 2.72. The van der Waals surface area contributed by atoms with Crippen molar-refractivity contribution in [2.24, 2.45) is 34.5 Å². The molecule has 0 amide bonds. The predicted molar refractivity (Wildman–Crippen MR) is 155 cm³/mol. The Kier molecular flexibility index (Phi) is 7.80. The molecule has 0 unspecified atom stereocenters. The van der Waals surface area contributed by atoms with Crippen LogP contribution in [0.2, 0.25) is 0 Å². The first-order chi connectivity index (χ1) is 20.2. The van der Waals surface area contributed by atoms with Crippen molar-refractivity contribution >= 4 is 23.7 Å². The minimum Gasteiger partial charge on any atom is -0.461 e. The second kappa shape index (κ2) is 10.9. The van der Waals surface area contributed by atoms with Crippen molar-refractivity contribution in [3.63, 3.8) is 0 Å². The highest BCUT2D eigenvalue weighted by molar-refractivity contribution is 5.96. The van der Waals surface area contributed by atoms with Gasteiger partial charge in [0.25, 0.3) is 0 Å². The number of carbonyl (C=O) groups is 4. The van der Waals surface area contributed by atoms with E-state index in [4.69, 9.17) is 14.2 Å². The van der Waals surface area contributed by atoms with Crippen LogP contribution in [0.1, 0.15) is 58.3 Å². The Bertz CT molecular complexity index is 1440. The molecule has 2 bridgehead atoms. The van der Waals surface area contributed by atoms with Crippen LogP contribution in [0, 0.1) is 34.5 Å². The number of carbonyl (C=O) groups excluding carboxylic acids is 4. The fourth-order valence-corrected chi connectivity index (χ4v) is 7.99. The average Bonchev–Trinajstić information content (AvgIpc) is 3.52. The summed E-state index contributed by atoms with van der Waals surface area (Å²) in [4.78, 5) is 52.3. The van der Waals surface area contributed by atoms with Gasteiger partial charge in [0.05, 0.1) is 17.6 Å². The maximum absolute atomic E-state index is 14.8. The van der Waals surface area contributed by atoms with Crippen molar-refractivity contribution < 1.29 is 43.6 Å². The number of ether oxygens (including phenoxy) is 3. The van der Waals surface area contributed by atoms with Gasteiger partial charge in [-0.1, -0.05) is 50.3 Å². The van der Waals surface area contributed by atoms with Crippen LogP contribution >= 0.6 is 0 Å². The number of aliphatic hydroxyl groups is 2. The van der Waals surface area contributed by atoms with Gasteiger partial charge in [0.2, 0.25) is 0 Å². The van der Waals surface area contributed by atoms with Crippen LogP contribution < -0.4 is 0 Å². The van der Waals surface area contributed by atoms with Crippen LogP contribution in [0.15, 0.2) is 65.3 Å². The topological polar surface area (TPSA) is 136 Å². The predicted octanol–water partition coefficient (Wildman–Crippen LogP) is 3.74. The number of fused-ring (bicyclic) bond motifs is 3. The molecule has 9 heteroatoms. The molecule has 2 fully saturated rings. The van der Waals surface area contributed by atoms with E-state index in [1.54, 1.807) is 63.3 Å². The number of hydrogen-bond acceptors (Lipinski definition) is 9. The number of rotatable bonds is 7. The first kappa shape index (κ1) is 30.9. The van der Waals surface area contributed by atoms with Crippen molar-refractivity contribution in [2.75, 3.05) is 13.2 Å². The van der Waals surface area contributed by atoms with Crippen LogP contribution in [-0.4, -0.2) is 64.9 Å². The summed E-state index contributed by atoms with van der Waals surface area (Å²) in [5.74, 6) is -3.57. The Morgan fingerprint density at radius 3 is 2.42 bits per heavy atom. The van der Waals surface area contributed by atoms with Gasteiger partial charge in [-0.05, 0) is 68.2 Å². The first-order valence-electron chi connectivity index (χ1n) is 14.8. The molecule has 1 spiro atoms. The van der Waals surface area contributed by atoms with Gasteiger partial charge in [0, 0.05) is 23.8 Å². The van der Waals surface area contributed by atoms with Crippen LogP contribution in [0.5, 0.6) is 0 Å².